The number of hydrogen-bond donors (Lipinski definition) is 1. The maximum Gasteiger partial charge on any atom is 0.247 e. The molecule has 1 atom stereocenters. The molecule has 9 nitrogen and oxygen atoms in total. The lowest BCUT2D eigenvalue weighted by Crippen LogP contribution is -2.47. The van der Waals surface area contributed by atoms with Gasteiger partial charge in [-0.1, -0.05) is 48.5 Å². The van der Waals surface area contributed by atoms with Crippen LogP contribution in [0.2, 0.25) is 0 Å². The summed E-state index contributed by atoms with van der Waals surface area (Å²) in [5.74, 6) is -0.302. The normalized spacial score (nSPS) is 12.1. The van der Waals surface area contributed by atoms with Crippen molar-refractivity contribution in [2.45, 2.75) is 19.0 Å². The van der Waals surface area contributed by atoms with E-state index in [1.54, 1.807) is 50.6 Å². The van der Waals surface area contributed by atoms with Crippen molar-refractivity contribution in [2.24, 2.45) is 0 Å². The minimum absolute atomic E-state index is 0.0423. The summed E-state index contributed by atoms with van der Waals surface area (Å²) in [6.07, 6.45) is 1.48. The molecule has 0 aliphatic heterocycles. The number of carbonyl (C=O) groups is 2. The van der Waals surface area contributed by atoms with E-state index in [4.69, 9.17) is 9.47 Å². The Hall–Kier alpha value is -3.96. The van der Waals surface area contributed by atoms with E-state index in [1.165, 1.54) is 36.2 Å². The molecule has 0 bridgehead atoms. The first kappa shape index (κ1) is 30.6. The number of carbonyl (C=O) groups excluding carboxylic acids is 2. The van der Waals surface area contributed by atoms with E-state index in [9.17, 15) is 22.4 Å². The molecule has 0 fully saturated rings. The van der Waals surface area contributed by atoms with Crippen LogP contribution in [-0.4, -0.2) is 70.0 Å². The molecule has 0 unspecified atom stereocenters. The van der Waals surface area contributed by atoms with E-state index in [-0.39, 0.29) is 13.1 Å². The fraction of sp³-hybridized carbons (Fsp3) is 0.310. The minimum atomic E-state index is -3.66. The van der Waals surface area contributed by atoms with Crippen LogP contribution >= 0.6 is 0 Å². The van der Waals surface area contributed by atoms with Crippen LogP contribution in [0.5, 0.6) is 11.5 Å². The Morgan fingerprint density at radius 2 is 1.55 bits per heavy atom. The van der Waals surface area contributed by atoms with Crippen LogP contribution in [-0.2, 0) is 32.6 Å². The van der Waals surface area contributed by atoms with Crippen LogP contribution in [0.1, 0.15) is 22.7 Å². The quantitative estimate of drug-likeness (QED) is 0.338. The van der Waals surface area contributed by atoms with Gasteiger partial charge in [0.1, 0.15) is 11.9 Å². The van der Waals surface area contributed by atoms with Crippen molar-refractivity contribution < 1.29 is 31.9 Å². The lowest BCUT2D eigenvalue weighted by molar-refractivity contribution is -0.141. The van der Waals surface area contributed by atoms with Gasteiger partial charge in [0.05, 0.1) is 27.0 Å². The van der Waals surface area contributed by atoms with E-state index < -0.39 is 40.2 Å². The first-order valence-electron chi connectivity index (χ1n) is 12.5. The summed E-state index contributed by atoms with van der Waals surface area (Å²) in [4.78, 5) is 28.6. The Morgan fingerprint density at radius 1 is 0.925 bits per heavy atom. The lowest BCUT2D eigenvalue weighted by Gasteiger charge is -2.32. The second kappa shape index (κ2) is 13.9. The van der Waals surface area contributed by atoms with Gasteiger partial charge in [0, 0.05) is 20.1 Å². The second-order valence-electron chi connectivity index (χ2n) is 9.21. The van der Waals surface area contributed by atoms with E-state index in [0.29, 0.717) is 29.0 Å². The summed E-state index contributed by atoms with van der Waals surface area (Å²) in [5, 5.41) is 2.91. The maximum absolute atomic E-state index is 13.7. The molecule has 214 valence electrons. The fourth-order valence-electron chi connectivity index (χ4n) is 4.08. The van der Waals surface area contributed by atoms with E-state index in [0.717, 1.165) is 16.1 Å². The van der Waals surface area contributed by atoms with Gasteiger partial charge in [0.25, 0.3) is 0 Å². The van der Waals surface area contributed by atoms with E-state index in [2.05, 4.69) is 5.32 Å². The zero-order valence-electron chi connectivity index (χ0n) is 23.0. The molecule has 40 heavy (non-hydrogen) atoms. The minimum Gasteiger partial charge on any atom is -0.493 e. The predicted molar refractivity (Wildman–Crippen MR) is 150 cm³/mol. The first-order valence-corrected chi connectivity index (χ1v) is 14.4. The summed E-state index contributed by atoms with van der Waals surface area (Å²) in [6, 6.07) is 18.7. The molecule has 0 saturated carbocycles. The average molecular weight is 572 g/mol. The van der Waals surface area contributed by atoms with Crippen molar-refractivity contribution in [1.82, 2.24) is 14.5 Å². The zero-order chi connectivity index (χ0) is 29.3. The maximum atomic E-state index is 13.7. The third-order valence-corrected chi connectivity index (χ3v) is 7.61. The van der Waals surface area contributed by atoms with E-state index in [1.807, 2.05) is 12.1 Å². The molecule has 0 aromatic heterocycles. The second-order valence-corrected chi connectivity index (χ2v) is 11.3. The van der Waals surface area contributed by atoms with Gasteiger partial charge in [-0.15, -0.1) is 0 Å². The first-order chi connectivity index (χ1) is 19.0. The Balaban J connectivity index is 1.89. The molecule has 2 amide bonds. The number of amides is 2. The van der Waals surface area contributed by atoms with Crippen LogP contribution in [0.15, 0.2) is 72.8 Å². The van der Waals surface area contributed by atoms with E-state index >= 15 is 0 Å². The summed E-state index contributed by atoms with van der Waals surface area (Å²) in [6.45, 7) is -0.249. The Kier molecular flexibility index (Phi) is 10.6. The third-order valence-electron chi connectivity index (χ3n) is 6.35. The molecule has 3 aromatic carbocycles. The summed E-state index contributed by atoms with van der Waals surface area (Å²) in [5.41, 5.74) is 2.03. The van der Waals surface area contributed by atoms with Gasteiger partial charge in [-0.2, -0.15) is 4.31 Å². The number of benzene rings is 3. The number of ether oxygens (including phenoxy) is 2. The average Bonchev–Trinajstić information content (AvgIpc) is 2.93. The molecule has 0 radical (unpaired) electrons. The highest BCUT2D eigenvalue weighted by Gasteiger charge is 2.32. The van der Waals surface area contributed by atoms with Gasteiger partial charge in [0.15, 0.2) is 11.5 Å². The fourth-order valence-corrected chi connectivity index (χ4v) is 4.42. The molecule has 0 aliphatic carbocycles. The number of methoxy groups -OCH3 is 2. The van der Waals surface area contributed by atoms with Gasteiger partial charge >= 0.3 is 0 Å². The van der Waals surface area contributed by atoms with Crippen molar-refractivity contribution in [3.8, 4) is 11.5 Å². The Morgan fingerprint density at radius 3 is 2.15 bits per heavy atom. The predicted octanol–water partition coefficient (Wildman–Crippen LogP) is 3.16. The molecular formula is C29H34FN3O6S. The number of nitrogens with one attached hydrogen (secondary N) is 1. The van der Waals surface area contributed by atoms with Crippen LogP contribution in [0.25, 0.3) is 0 Å². The molecule has 0 spiro atoms. The van der Waals surface area contributed by atoms with Crippen molar-refractivity contribution in [2.75, 3.05) is 40.6 Å². The van der Waals surface area contributed by atoms with Gasteiger partial charge in [-0.25, -0.2) is 12.8 Å². The van der Waals surface area contributed by atoms with Gasteiger partial charge < -0.3 is 19.7 Å². The standard InChI is InChI=1S/C29H34FN3O6S/c1-32(40(4,36)37)20-27(34)33(19-22-10-13-24(30)14-11-22)28(23-8-6-5-7-9-23)29(35)31-17-16-21-12-15-25(38-2)26(18-21)39-3/h5-15,18,28H,16-17,19-20H2,1-4H3,(H,31,35)/t28-/m1/s1. The number of hydrogen-bond acceptors (Lipinski definition) is 6. The highest BCUT2D eigenvalue weighted by atomic mass is 32.2. The largest absolute Gasteiger partial charge is 0.493 e. The van der Waals surface area contributed by atoms with Crippen molar-refractivity contribution in [3.05, 3.63) is 95.3 Å². The van der Waals surface area contributed by atoms with Crippen molar-refractivity contribution in [1.29, 1.82) is 0 Å². The highest BCUT2D eigenvalue weighted by Crippen LogP contribution is 2.28. The zero-order valence-corrected chi connectivity index (χ0v) is 23.8. The van der Waals surface area contributed by atoms with Gasteiger partial charge in [-0.05, 0) is 47.4 Å². The Labute approximate surface area is 234 Å². The Bertz CT molecular complexity index is 1400. The molecule has 3 rings (SSSR count). The molecule has 0 heterocycles. The number of sulfonamides is 1. The molecule has 0 aliphatic rings. The number of halogens is 1. The van der Waals surface area contributed by atoms with Crippen molar-refractivity contribution >= 4 is 21.8 Å². The van der Waals surface area contributed by atoms with Gasteiger partial charge in [-0.3, -0.25) is 9.59 Å². The van der Waals surface area contributed by atoms with Crippen LogP contribution in [0, 0.1) is 5.82 Å². The molecule has 11 heteroatoms. The van der Waals surface area contributed by atoms with Crippen LogP contribution < -0.4 is 14.8 Å². The smallest absolute Gasteiger partial charge is 0.247 e. The lowest BCUT2D eigenvalue weighted by atomic mass is 10.0. The summed E-state index contributed by atoms with van der Waals surface area (Å²) in [7, 11) is 0.729. The number of nitrogens with zero attached hydrogens (tertiary/aromatic N) is 2. The van der Waals surface area contributed by atoms with Gasteiger partial charge in [0.2, 0.25) is 21.8 Å². The highest BCUT2D eigenvalue weighted by molar-refractivity contribution is 7.88. The molecule has 1 N–H and O–H groups in total. The van der Waals surface area contributed by atoms with Crippen LogP contribution in [0.4, 0.5) is 4.39 Å². The summed E-state index contributed by atoms with van der Waals surface area (Å²) >= 11 is 0. The molecular weight excluding hydrogens is 537 g/mol. The SMILES string of the molecule is COc1ccc(CCNC(=O)[C@@H](c2ccccc2)N(Cc2ccc(F)cc2)C(=O)CN(C)S(C)(=O)=O)cc1OC. The molecule has 0 saturated heterocycles. The topological polar surface area (TPSA) is 105 Å². The monoisotopic (exact) mass is 571 g/mol. The van der Waals surface area contributed by atoms with Crippen molar-refractivity contribution in [3.63, 3.8) is 0 Å². The summed E-state index contributed by atoms with van der Waals surface area (Å²) < 4.78 is 49.2. The third kappa shape index (κ3) is 8.27. The van der Waals surface area contributed by atoms with Crippen LogP contribution in [0.3, 0.4) is 0 Å². The number of likely N-dealkylation sites (N-methyl/N-ethyl adjacent to an activating group) is 1. The molecule has 3 aromatic rings. The number of rotatable bonds is 13.